The summed E-state index contributed by atoms with van der Waals surface area (Å²) in [6, 6.07) is 0. The van der Waals surface area contributed by atoms with Crippen LogP contribution in [-0.4, -0.2) is 52.8 Å². The monoisotopic (exact) mass is 231 g/mol. The number of hydrogen-bond acceptors (Lipinski definition) is 4. The lowest BCUT2D eigenvalue weighted by atomic mass is 10.2. The minimum absolute atomic E-state index is 0.320. The van der Waals surface area contributed by atoms with Gasteiger partial charge >= 0.3 is 12.1 Å². The standard InChI is InChI=1S/C7H12F3NO4/c8-7(9,10)5(13)3-11-2-4(12)1-6(14)15/h4-5,11-13H,1-3H2,(H,14,15). The third-order valence-corrected chi connectivity index (χ3v) is 1.51. The van der Waals surface area contributed by atoms with Gasteiger partial charge in [-0.05, 0) is 0 Å². The Morgan fingerprint density at radius 1 is 1.27 bits per heavy atom. The van der Waals surface area contributed by atoms with Crippen LogP contribution in [0.3, 0.4) is 0 Å². The van der Waals surface area contributed by atoms with Crippen molar-refractivity contribution in [1.29, 1.82) is 0 Å². The summed E-state index contributed by atoms with van der Waals surface area (Å²) in [4.78, 5) is 10.0. The van der Waals surface area contributed by atoms with E-state index in [0.717, 1.165) is 0 Å². The third-order valence-electron chi connectivity index (χ3n) is 1.51. The van der Waals surface area contributed by atoms with Crippen LogP contribution in [0.5, 0.6) is 0 Å². The summed E-state index contributed by atoms with van der Waals surface area (Å²) in [5.41, 5.74) is 0. The number of halogens is 3. The number of aliphatic carboxylic acids is 1. The minimum atomic E-state index is -4.72. The van der Waals surface area contributed by atoms with Crippen molar-refractivity contribution in [2.45, 2.75) is 24.8 Å². The molecule has 0 saturated carbocycles. The van der Waals surface area contributed by atoms with E-state index in [-0.39, 0.29) is 6.54 Å². The van der Waals surface area contributed by atoms with E-state index in [0.29, 0.717) is 0 Å². The number of rotatable bonds is 6. The minimum Gasteiger partial charge on any atom is -0.481 e. The van der Waals surface area contributed by atoms with E-state index < -0.39 is 37.3 Å². The highest BCUT2D eigenvalue weighted by molar-refractivity contribution is 5.67. The molecule has 0 aromatic rings. The summed E-state index contributed by atoms with van der Waals surface area (Å²) in [5, 5.41) is 27.7. The SMILES string of the molecule is O=C(O)CC(O)CNCC(O)C(F)(F)F. The molecule has 0 spiro atoms. The lowest BCUT2D eigenvalue weighted by Gasteiger charge is -2.16. The van der Waals surface area contributed by atoms with E-state index in [1.807, 2.05) is 0 Å². The van der Waals surface area contributed by atoms with Gasteiger partial charge < -0.3 is 20.6 Å². The number of hydrogen-bond donors (Lipinski definition) is 4. The molecular formula is C7H12F3NO4. The van der Waals surface area contributed by atoms with Crippen LogP contribution < -0.4 is 5.32 Å². The second kappa shape index (κ2) is 5.89. The number of carboxylic acids is 1. The van der Waals surface area contributed by atoms with Gasteiger partial charge in [0.1, 0.15) is 0 Å². The molecule has 15 heavy (non-hydrogen) atoms. The van der Waals surface area contributed by atoms with E-state index in [2.05, 4.69) is 5.32 Å². The highest BCUT2D eigenvalue weighted by Crippen LogP contribution is 2.19. The summed E-state index contributed by atoms with van der Waals surface area (Å²) in [6.07, 6.45) is -9.07. The van der Waals surface area contributed by atoms with Crippen LogP contribution in [0.15, 0.2) is 0 Å². The molecule has 0 aliphatic heterocycles. The summed E-state index contributed by atoms with van der Waals surface area (Å²) in [6.45, 7) is -1.10. The molecule has 0 rings (SSSR count). The molecular weight excluding hydrogens is 219 g/mol. The maximum Gasteiger partial charge on any atom is 0.415 e. The molecule has 0 radical (unpaired) electrons. The van der Waals surface area contributed by atoms with Crippen molar-refractivity contribution in [2.24, 2.45) is 0 Å². The zero-order valence-electron chi connectivity index (χ0n) is 7.66. The lowest BCUT2D eigenvalue weighted by molar-refractivity contribution is -0.202. The molecule has 0 heterocycles. The van der Waals surface area contributed by atoms with Crippen LogP contribution in [0.1, 0.15) is 6.42 Å². The third kappa shape index (κ3) is 7.11. The first-order valence-electron chi connectivity index (χ1n) is 4.09. The van der Waals surface area contributed by atoms with Crippen molar-refractivity contribution in [2.75, 3.05) is 13.1 Å². The quantitative estimate of drug-likeness (QED) is 0.487. The molecule has 0 bridgehead atoms. The fourth-order valence-electron chi connectivity index (χ4n) is 0.776. The molecule has 0 aromatic carbocycles. The van der Waals surface area contributed by atoms with Crippen molar-refractivity contribution in [1.82, 2.24) is 5.32 Å². The molecule has 0 aromatic heterocycles. The number of carboxylic acid groups (broad SMARTS) is 1. The Hall–Kier alpha value is -0.860. The van der Waals surface area contributed by atoms with Crippen LogP contribution >= 0.6 is 0 Å². The molecule has 0 aliphatic rings. The Morgan fingerprint density at radius 3 is 2.20 bits per heavy atom. The highest BCUT2D eigenvalue weighted by atomic mass is 19.4. The van der Waals surface area contributed by atoms with E-state index >= 15 is 0 Å². The van der Waals surface area contributed by atoms with Gasteiger partial charge in [-0.25, -0.2) is 0 Å². The number of aliphatic hydroxyl groups excluding tert-OH is 2. The normalized spacial score (nSPS) is 16.1. The van der Waals surface area contributed by atoms with Crippen LogP contribution in [0.4, 0.5) is 13.2 Å². The van der Waals surface area contributed by atoms with Crippen LogP contribution in [0, 0.1) is 0 Å². The summed E-state index contributed by atoms with van der Waals surface area (Å²) < 4.78 is 35.2. The van der Waals surface area contributed by atoms with E-state index in [9.17, 15) is 18.0 Å². The van der Waals surface area contributed by atoms with Crippen molar-refractivity contribution in [3.8, 4) is 0 Å². The number of alkyl halides is 3. The fourth-order valence-corrected chi connectivity index (χ4v) is 0.776. The number of aliphatic hydroxyl groups is 2. The maximum absolute atomic E-state index is 11.7. The average Bonchev–Trinajstić information content (AvgIpc) is 2.00. The lowest BCUT2D eigenvalue weighted by Crippen LogP contribution is -2.41. The topological polar surface area (TPSA) is 89.8 Å². The van der Waals surface area contributed by atoms with Gasteiger partial charge in [-0.15, -0.1) is 0 Å². The van der Waals surface area contributed by atoms with E-state index in [1.165, 1.54) is 0 Å². The van der Waals surface area contributed by atoms with Gasteiger partial charge in [0.05, 0.1) is 12.5 Å². The molecule has 0 saturated heterocycles. The Labute approximate surface area is 83.5 Å². The zero-order valence-corrected chi connectivity index (χ0v) is 7.66. The predicted molar refractivity (Wildman–Crippen MR) is 43.2 cm³/mol. The largest absolute Gasteiger partial charge is 0.481 e. The number of nitrogens with one attached hydrogen (secondary N) is 1. The van der Waals surface area contributed by atoms with Crippen molar-refractivity contribution >= 4 is 5.97 Å². The molecule has 0 fully saturated rings. The van der Waals surface area contributed by atoms with Gasteiger partial charge in [-0.2, -0.15) is 13.2 Å². The van der Waals surface area contributed by atoms with Gasteiger partial charge in [0, 0.05) is 13.1 Å². The van der Waals surface area contributed by atoms with Gasteiger partial charge in [0.15, 0.2) is 6.10 Å². The first kappa shape index (κ1) is 14.1. The number of carbonyl (C=O) groups is 1. The van der Waals surface area contributed by atoms with Crippen molar-refractivity contribution in [3.63, 3.8) is 0 Å². The second-order valence-corrected chi connectivity index (χ2v) is 2.97. The smallest absolute Gasteiger partial charge is 0.415 e. The van der Waals surface area contributed by atoms with Gasteiger partial charge in [0.2, 0.25) is 0 Å². The molecule has 4 N–H and O–H groups in total. The van der Waals surface area contributed by atoms with E-state index in [1.54, 1.807) is 0 Å². The highest BCUT2D eigenvalue weighted by Gasteiger charge is 2.37. The zero-order chi connectivity index (χ0) is 12.1. The summed E-state index contributed by atoms with van der Waals surface area (Å²) in [7, 11) is 0. The summed E-state index contributed by atoms with van der Waals surface area (Å²) >= 11 is 0. The Kier molecular flexibility index (Phi) is 5.55. The Bertz CT molecular complexity index is 209. The van der Waals surface area contributed by atoms with Crippen LogP contribution in [-0.2, 0) is 4.79 Å². The van der Waals surface area contributed by atoms with Crippen LogP contribution in [0.25, 0.3) is 0 Å². The first-order valence-corrected chi connectivity index (χ1v) is 4.09. The Morgan fingerprint density at radius 2 is 1.80 bits per heavy atom. The molecule has 0 aliphatic carbocycles. The summed E-state index contributed by atoms with van der Waals surface area (Å²) in [5.74, 6) is -1.25. The van der Waals surface area contributed by atoms with Gasteiger partial charge in [0.25, 0.3) is 0 Å². The molecule has 90 valence electrons. The predicted octanol–water partition coefficient (Wildman–Crippen LogP) is -0.665. The van der Waals surface area contributed by atoms with Crippen molar-refractivity contribution in [3.05, 3.63) is 0 Å². The van der Waals surface area contributed by atoms with Crippen molar-refractivity contribution < 1.29 is 33.3 Å². The molecule has 2 unspecified atom stereocenters. The second-order valence-electron chi connectivity index (χ2n) is 2.97. The molecule has 2 atom stereocenters. The molecule has 5 nitrogen and oxygen atoms in total. The van der Waals surface area contributed by atoms with Gasteiger partial charge in [-0.1, -0.05) is 0 Å². The van der Waals surface area contributed by atoms with E-state index in [4.69, 9.17) is 15.3 Å². The van der Waals surface area contributed by atoms with Crippen LogP contribution in [0.2, 0.25) is 0 Å². The molecule has 0 amide bonds. The Balaban J connectivity index is 3.66. The molecule has 8 heteroatoms. The maximum atomic E-state index is 11.7. The van der Waals surface area contributed by atoms with Gasteiger partial charge in [-0.3, -0.25) is 4.79 Å². The first-order chi connectivity index (χ1) is 6.73. The average molecular weight is 231 g/mol. The fraction of sp³-hybridized carbons (Fsp3) is 0.857.